The van der Waals surface area contributed by atoms with Crippen molar-refractivity contribution in [2.45, 2.75) is 57.6 Å². The number of para-hydroxylation sites is 1. The fourth-order valence-electron chi connectivity index (χ4n) is 3.45. The SMILES string of the molecule is CC(C)(C)OC(=O)NCC1(NC(=O)c2ccc3ccccc3n2)CCCC1. The number of alkyl carbamates (subject to hydrolysis) is 1. The Bertz CT molecular complexity index is 836. The largest absolute Gasteiger partial charge is 0.444 e. The Morgan fingerprint density at radius 3 is 2.52 bits per heavy atom. The standard InChI is InChI=1S/C21H27N3O3/c1-20(2,3)27-19(26)22-14-21(12-6-7-13-21)24-18(25)17-11-10-15-8-4-5-9-16(15)23-17/h4-5,8-11H,6-7,12-14H2,1-3H3,(H,22,26)(H,24,25). The lowest BCUT2D eigenvalue weighted by atomic mass is 9.97. The molecule has 0 saturated heterocycles. The maximum atomic E-state index is 12.8. The fraction of sp³-hybridized carbons (Fsp3) is 0.476. The van der Waals surface area contributed by atoms with Gasteiger partial charge in [-0.05, 0) is 45.7 Å². The second-order valence-corrected chi connectivity index (χ2v) is 8.19. The molecular formula is C21H27N3O3. The molecule has 6 nitrogen and oxygen atoms in total. The maximum Gasteiger partial charge on any atom is 0.407 e. The lowest BCUT2D eigenvalue weighted by Gasteiger charge is -2.31. The molecule has 1 aromatic heterocycles. The third-order valence-electron chi connectivity index (χ3n) is 4.74. The van der Waals surface area contributed by atoms with Crippen molar-refractivity contribution in [1.29, 1.82) is 0 Å². The molecule has 0 spiro atoms. The molecule has 0 aliphatic heterocycles. The van der Waals surface area contributed by atoms with E-state index in [4.69, 9.17) is 4.74 Å². The number of rotatable bonds is 4. The Kier molecular flexibility index (Phi) is 5.35. The average Bonchev–Trinajstić information content (AvgIpc) is 3.07. The van der Waals surface area contributed by atoms with Gasteiger partial charge in [-0.15, -0.1) is 0 Å². The van der Waals surface area contributed by atoms with E-state index < -0.39 is 17.2 Å². The first-order valence-corrected chi connectivity index (χ1v) is 9.42. The Morgan fingerprint density at radius 2 is 1.81 bits per heavy atom. The number of amides is 2. The van der Waals surface area contributed by atoms with E-state index in [1.807, 2.05) is 51.1 Å². The zero-order chi connectivity index (χ0) is 19.5. The highest BCUT2D eigenvalue weighted by Crippen LogP contribution is 2.29. The van der Waals surface area contributed by atoms with Crippen LogP contribution in [0.4, 0.5) is 4.79 Å². The molecule has 144 valence electrons. The summed E-state index contributed by atoms with van der Waals surface area (Å²) in [4.78, 5) is 29.3. The second kappa shape index (κ2) is 7.55. The van der Waals surface area contributed by atoms with Crippen molar-refractivity contribution in [3.05, 3.63) is 42.1 Å². The number of pyridine rings is 1. The molecule has 1 aromatic carbocycles. The number of aromatic nitrogens is 1. The first-order valence-electron chi connectivity index (χ1n) is 9.42. The van der Waals surface area contributed by atoms with Crippen LogP contribution in [0, 0.1) is 0 Å². The minimum Gasteiger partial charge on any atom is -0.444 e. The molecule has 27 heavy (non-hydrogen) atoms. The Morgan fingerprint density at radius 1 is 1.11 bits per heavy atom. The van der Waals surface area contributed by atoms with Gasteiger partial charge in [0.15, 0.2) is 0 Å². The summed E-state index contributed by atoms with van der Waals surface area (Å²) < 4.78 is 5.31. The van der Waals surface area contributed by atoms with Crippen molar-refractivity contribution in [3.8, 4) is 0 Å². The number of ether oxygens (including phenoxy) is 1. The van der Waals surface area contributed by atoms with E-state index in [1.54, 1.807) is 6.07 Å². The summed E-state index contributed by atoms with van der Waals surface area (Å²) in [5.41, 5.74) is 0.168. The zero-order valence-electron chi connectivity index (χ0n) is 16.2. The quantitative estimate of drug-likeness (QED) is 0.859. The number of hydrogen-bond acceptors (Lipinski definition) is 4. The van der Waals surface area contributed by atoms with Gasteiger partial charge in [0.05, 0.1) is 11.1 Å². The van der Waals surface area contributed by atoms with Gasteiger partial charge in [0.1, 0.15) is 11.3 Å². The van der Waals surface area contributed by atoms with Crippen molar-refractivity contribution >= 4 is 22.9 Å². The van der Waals surface area contributed by atoms with Gasteiger partial charge in [-0.3, -0.25) is 4.79 Å². The molecule has 1 fully saturated rings. The van der Waals surface area contributed by atoms with Crippen LogP contribution in [0.15, 0.2) is 36.4 Å². The van der Waals surface area contributed by atoms with Crippen LogP contribution in [0.5, 0.6) is 0 Å². The molecule has 2 amide bonds. The first-order chi connectivity index (χ1) is 12.8. The van der Waals surface area contributed by atoms with Crippen LogP contribution in [0.25, 0.3) is 10.9 Å². The van der Waals surface area contributed by atoms with E-state index in [2.05, 4.69) is 15.6 Å². The van der Waals surface area contributed by atoms with E-state index in [0.717, 1.165) is 36.6 Å². The van der Waals surface area contributed by atoms with E-state index in [1.165, 1.54) is 0 Å². The minimum absolute atomic E-state index is 0.214. The molecule has 1 saturated carbocycles. The molecule has 0 unspecified atom stereocenters. The van der Waals surface area contributed by atoms with E-state index in [-0.39, 0.29) is 5.91 Å². The number of nitrogens with one attached hydrogen (secondary N) is 2. The molecule has 1 aliphatic rings. The van der Waals surface area contributed by atoms with Crippen molar-refractivity contribution in [3.63, 3.8) is 0 Å². The van der Waals surface area contributed by atoms with Crippen LogP contribution < -0.4 is 10.6 Å². The monoisotopic (exact) mass is 369 g/mol. The average molecular weight is 369 g/mol. The number of benzene rings is 1. The third-order valence-corrected chi connectivity index (χ3v) is 4.74. The summed E-state index contributed by atoms with van der Waals surface area (Å²) in [5.74, 6) is -0.214. The van der Waals surface area contributed by atoms with Gasteiger partial charge < -0.3 is 15.4 Å². The maximum absolute atomic E-state index is 12.8. The molecule has 0 bridgehead atoms. The van der Waals surface area contributed by atoms with Gasteiger partial charge >= 0.3 is 6.09 Å². The summed E-state index contributed by atoms with van der Waals surface area (Å²) in [6.45, 7) is 5.82. The molecule has 2 N–H and O–H groups in total. The molecule has 1 aliphatic carbocycles. The van der Waals surface area contributed by atoms with Gasteiger partial charge in [-0.25, -0.2) is 9.78 Å². The molecular weight excluding hydrogens is 342 g/mol. The number of fused-ring (bicyclic) bond motifs is 1. The van der Waals surface area contributed by atoms with Crippen LogP contribution in [-0.2, 0) is 4.74 Å². The van der Waals surface area contributed by atoms with E-state index in [9.17, 15) is 9.59 Å². The highest BCUT2D eigenvalue weighted by Gasteiger charge is 2.36. The summed E-state index contributed by atoms with van der Waals surface area (Å²) in [7, 11) is 0. The molecule has 6 heteroatoms. The molecule has 0 atom stereocenters. The Labute approximate surface area is 159 Å². The number of carbonyl (C=O) groups is 2. The predicted molar refractivity (Wildman–Crippen MR) is 105 cm³/mol. The topological polar surface area (TPSA) is 80.3 Å². The molecule has 2 aromatic rings. The highest BCUT2D eigenvalue weighted by atomic mass is 16.6. The van der Waals surface area contributed by atoms with Crippen LogP contribution in [0.1, 0.15) is 56.9 Å². The van der Waals surface area contributed by atoms with Crippen molar-refractivity contribution in [2.75, 3.05) is 6.54 Å². The zero-order valence-corrected chi connectivity index (χ0v) is 16.2. The lowest BCUT2D eigenvalue weighted by molar-refractivity contribution is 0.0504. The number of hydrogen-bond donors (Lipinski definition) is 2. The van der Waals surface area contributed by atoms with Gasteiger partial charge in [0, 0.05) is 11.9 Å². The first kappa shape index (κ1) is 19.1. The molecule has 0 radical (unpaired) electrons. The van der Waals surface area contributed by atoms with Crippen LogP contribution in [-0.4, -0.2) is 34.7 Å². The molecule has 3 rings (SSSR count). The fourth-order valence-corrected chi connectivity index (χ4v) is 3.45. The lowest BCUT2D eigenvalue weighted by Crippen LogP contribution is -2.54. The Hall–Kier alpha value is -2.63. The summed E-state index contributed by atoms with van der Waals surface area (Å²) >= 11 is 0. The van der Waals surface area contributed by atoms with Gasteiger partial charge in [-0.2, -0.15) is 0 Å². The van der Waals surface area contributed by atoms with Crippen molar-refractivity contribution in [2.24, 2.45) is 0 Å². The summed E-state index contributed by atoms with van der Waals surface area (Å²) in [6.07, 6.45) is 3.21. The van der Waals surface area contributed by atoms with E-state index in [0.29, 0.717) is 12.2 Å². The predicted octanol–water partition coefficient (Wildman–Crippen LogP) is 3.80. The summed E-state index contributed by atoms with van der Waals surface area (Å²) in [6, 6.07) is 11.3. The second-order valence-electron chi connectivity index (χ2n) is 8.19. The number of carbonyl (C=O) groups excluding carboxylic acids is 2. The Balaban J connectivity index is 1.69. The smallest absolute Gasteiger partial charge is 0.407 e. The van der Waals surface area contributed by atoms with Gasteiger partial charge in [0.2, 0.25) is 0 Å². The highest BCUT2D eigenvalue weighted by molar-refractivity contribution is 5.95. The molecule has 1 heterocycles. The van der Waals surface area contributed by atoms with Crippen molar-refractivity contribution in [1.82, 2.24) is 15.6 Å². The van der Waals surface area contributed by atoms with Gasteiger partial charge in [0.25, 0.3) is 5.91 Å². The summed E-state index contributed by atoms with van der Waals surface area (Å²) in [5, 5.41) is 6.93. The van der Waals surface area contributed by atoms with Gasteiger partial charge in [-0.1, -0.05) is 37.1 Å². The van der Waals surface area contributed by atoms with Crippen LogP contribution >= 0.6 is 0 Å². The normalized spacial score (nSPS) is 16.1. The van der Waals surface area contributed by atoms with E-state index >= 15 is 0 Å². The third kappa shape index (κ3) is 4.96. The van der Waals surface area contributed by atoms with Crippen LogP contribution in [0.2, 0.25) is 0 Å². The van der Waals surface area contributed by atoms with Crippen molar-refractivity contribution < 1.29 is 14.3 Å². The minimum atomic E-state index is -0.550. The number of nitrogens with zero attached hydrogens (tertiary/aromatic N) is 1. The van der Waals surface area contributed by atoms with Crippen LogP contribution in [0.3, 0.4) is 0 Å².